The average Bonchev–Trinajstić information content (AvgIpc) is 3.05. The fourth-order valence-corrected chi connectivity index (χ4v) is 3.74. The van der Waals surface area contributed by atoms with Crippen LogP contribution in [0.4, 0.5) is 14.9 Å². The number of rotatable bonds is 3. The Hall–Kier alpha value is -2.31. The van der Waals surface area contributed by atoms with E-state index < -0.39 is 23.2 Å². The number of carbonyl (C=O) groups excluding carboxylic acids is 1. The van der Waals surface area contributed by atoms with Gasteiger partial charge in [-0.15, -0.1) is 0 Å². The van der Waals surface area contributed by atoms with Crippen molar-refractivity contribution in [1.29, 1.82) is 0 Å². The summed E-state index contributed by atoms with van der Waals surface area (Å²) in [6, 6.07) is 3.76. The van der Waals surface area contributed by atoms with E-state index in [0.29, 0.717) is 18.7 Å². The number of amides is 2. The number of likely N-dealkylation sites (tertiary alicyclic amines) is 1. The lowest BCUT2D eigenvalue weighted by molar-refractivity contribution is -0.149. The first-order chi connectivity index (χ1) is 11.0. The summed E-state index contributed by atoms with van der Waals surface area (Å²) in [4.78, 5) is 25.5. The van der Waals surface area contributed by atoms with Gasteiger partial charge < -0.3 is 20.1 Å². The number of carboxylic acids is 1. The molecule has 2 fully saturated rings. The van der Waals surface area contributed by atoms with Crippen molar-refractivity contribution in [3.63, 3.8) is 0 Å². The summed E-state index contributed by atoms with van der Waals surface area (Å²) in [5, 5.41) is 12.2. The molecule has 2 amide bonds. The molecule has 0 radical (unpaired) electrons. The van der Waals surface area contributed by atoms with E-state index >= 15 is 0 Å². The molecule has 0 aromatic heterocycles. The number of nitrogens with zero attached hydrogens (tertiary/aromatic N) is 1. The second-order valence-electron chi connectivity index (χ2n) is 6.21. The molecule has 6 nitrogen and oxygen atoms in total. The summed E-state index contributed by atoms with van der Waals surface area (Å²) in [7, 11) is 1.37. The van der Waals surface area contributed by atoms with Gasteiger partial charge in [-0.1, -0.05) is 6.42 Å². The van der Waals surface area contributed by atoms with E-state index in [-0.39, 0.29) is 18.2 Å². The molecule has 1 saturated carbocycles. The van der Waals surface area contributed by atoms with E-state index in [1.807, 2.05) is 0 Å². The normalized spacial score (nSPS) is 26.0. The van der Waals surface area contributed by atoms with Crippen molar-refractivity contribution in [2.24, 2.45) is 11.3 Å². The van der Waals surface area contributed by atoms with Gasteiger partial charge in [0.2, 0.25) is 0 Å². The number of hydrogen-bond acceptors (Lipinski definition) is 3. The standard InChI is InChI=1S/C16H19FN2O4/c1-23-13-5-4-11(7-12(13)17)18-15(22)19-8-10-3-2-6-16(10,9-19)14(20)21/h4-5,7,10H,2-3,6,8-9H2,1H3,(H,18,22)(H,20,21)/t10-,16+/m0/s1. The largest absolute Gasteiger partial charge is 0.494 e. The highest BCUT2D eigenvalue weighted by Crippen LogP contribution is 2.48. The third kappa shape index (κ3) is 2.60. The lowest BCUT2D eigenvalue weighted by Crippen LogP contribution is -2.38. The van der Waals surface area contributed by atoms with Gasteiger partial charge >= 0.3 is 12.0 Å². The number of ether oxygens (including phenoxy) is 1. The van der Waals surface area contributed by atoms with E-state index in [0.717, 1.165) is 12.8 Å². The van der Waals surface area contributed by atoms with Crippen molar-refractivity contribution in [3.8, 4) is 5.75 Å². The second kappa shape index (κ2) is 5.72. The summed E-state index contributed by atoms with van der Waals surface area (Å²) in [6.07, 6.45) is 2.32. The van der Waals surface area contributed by atoms with Gasteiger partial charge in [-0.3, -0.25) is 4.79 Å². The van der Waals surface area contributed by atoms with Crippen LogP contribution in [0.3, 0.4) is 0 Å². The van der Waals surface area contributed by atoms with Crippen LogP contribution in [0, 0.1) is 17.2 Å². The molecule has 1 aliphatic carbocycles. The molecule has 0 spiro atoms. The van der Waals surface area contributed by atoms with E-state index in [2.05, 4.69) is 5.32 Å². The van der Waals surface area contributed by atoms with Crippen LogP contribution in [-0.2, 0) is 4.79 Å². The van der Waals surface area contributed by atoms with Crippen LogP contribution >= 0.6 is 0 Å². The summed E-state index contributed by atoms with van der Waals surface area (Å²) < 4.78 is 18.5. The first-order valence-electron chi connectivity index (χ1n) is 7.59. The van der Waals surface area contributed by atoms with E-state index in [9.17, 15) is 19.1 Å². The van der Waals surface area contributed by atoms with Gasteiger partial charge in [0.25, 0.3) is 0 Å². The molecule has 7 heteroatoms. The molecule has 1 aromatic carbocycles. The number of urea groups is 1. The number of hydrogen-bond donors (Lipinski definition) is 2. The first-order valence-corrected chi connectivity index (χ1v) is 7.59. The molecular weight excluding hydrogens is 303 g/mol. The topological polar surface area (TPSA) is 78.9 Å². The van der Waals surface area contributed by atoms with Crippen LogP contribution in [0.1, 0.15) is 19.3 Å². The van der Waals surface area contributed by atoms with Crippen LogP contribution in [0.2, 0.25) is 0 Å². The number of methoxy groups -OCH3 is 1. The van der Waals surface area contributed by atoms with Gasteiger partial charge in [0, 0.05) is 24.8 Å². The summed E-state index contributed by atoms with van der Waals surface area (Å²) in [5.41, 5.74) is -0.502. The monoisotopic (exact) mass is 322 g/mol. The number of halogens is 1. The van der Waals surface area contributed by atoms with Crippen LogP contribution in [0.15, 0.2) is 18.2 Å². The molecule has 1 heterocycles. The van der Waals surface area contributed by atoms with Crippen molar-refractivity contribution < 1.29 is 23.8 Å². The molecule has 1 aromatic rings. The second-order valence-corrected chi connectivity index (χ2v) is 6.21. The number of aliphatic carboxylic acids is 1. The Morgan fingerprint density at radius 3 is 2.87 bits per heavy atom. The molecule has 2 atom stereocenters. The van der Waals surface area contributed by atoms with Gasteiger partial charge in [-0.25, -0.2) is 9.18 Å². The fourth-order valence-electron chi connectivity index (χ4n) is 3.74. The highest BCUT2D eigenvalue weighted by atomic mass is 19.1. The minimum absolute atomic E-state index is 0.00152. The van der Waals surface area contributed by atoms with E-state index in [4.69, 9.17) is 4.74 Å². The van der Waals surface area contributed by atoms with Crippen LogP contribution in [-0.4, -0.2) is 42.2 Å². The Kier molecular flexibility index (Phi) is 3.87. The zero-order valence-electron chi connectivity index (χ0n) is 12.8. The SMILES string of the molecule is COc1ccc(NC(=O)N2C[C@@H]3CCC[C@@]3(C(=O)O)C2)cc1F. The molecule has 2 N–H and O–H groups in total. The third-order valence-corrected chi connectivity index (χ3v) is 4.99. The van der Waals surface area contributed by atoms with Crippen molar-refractivity contribution >= 4 is 17.7 Å². The van der Waals surface area contributed by atoms with Crippen molar-refractivity contribution in [3.05, 3.63) is 24.0 Å². The third-order valence-electron chi connectivity index (χ3n) is 4.99. The van der Waals surface area contributed by atoms with Crippen LogP contribution in [0.5, 0.6) is 5.75 Å². The van der Waals surface area contributed by atoms with Gasteiger partial charge in [0.15, 0.2) is 11.6 Å². The molecular formula is C16H19FN2O4. The van der Waals surface area contributed by atoms with Crippen LogP contribution < -0.4 is 10.1 Å². The summed E-state index contributed by atoms with van der Waals surface area (Å²) >= 11 is 0. The minimum Gasteiger partial charge on any atom is -0.494 e. The number of fused-ring (bicyclic) bond motifs is 1. The van der Waals surface area contributed by atoms with Crippen LogP contribution in [0.25, 0.3) is 0 Å². The van der Waals surface area contributed by atoms with Gasteiger partial charge in [0.1, 0.15) is 0 Å². The highest BCUT2D eigenvalue weighted by Gasteiger charge is 2.55. The maximum absolute atomic E-state index is 13.7. The Morgan fingerprint density at radius 1 is 1.48 bits per heavy atom. The first kappa shape index (κ1) is 15.6. The number of carbonyl (C=O) groups is 2. The molecule has 2 aliphatic rings. The van der Waals surface area contributed by atoms with E-state index in [1.165, 1.54) is 24.1 Å². The number of anilines is 1. The van der Waals surface area contributed by atoms with Crippen molar-refractivity contribution in [1.82, 2.24) is 4.90 Å². The predicted octanol–water partition coefficient (Wildman–Crippen LogP) is 2.55. The lowest BCUT2D eigenvalue weighted by atomic mass is 9.81. The van der Waals surface area contributed by atoms with Crippen molar-refractivity contribution in [2.45, 2.75) is 19.3 Å². The molecule has 1 saturated heterocycles. The molecule has 0 bridgehead atoms. The van der Waals surface area contributed by atoms with Gasteiger partial charge in [-0.2, -0.15) is 0 Å². The number of carboxylic acid groups (broad SMARTS) is 1. The lowest BCUT2D eigenvalue weighted by Gasteiger charge is -2.23. The molecule has 0 unspecified atom stereocenters. The number of benzene rings is 1. The van der Waals surface area contributed by atoms with Gasteiger partial charge in [-0.05, 0) is 30.9 Å². The summed E-state index contributed by atoms with van der Waals surface area (Å²) in [5.74, 6) is -1.29. The molecule has 1 aliphatic heterocycles. The maximum Gasteiger partial charge on any atom is 0.321 e. The molecule has 124 valence electrons. The number of nitrogens with one attached hydrogen (secondary N) is 1. The Bertz CT molecular complexity index is 651. The smallest absolute Gasteiger partial charge is 0.321 e. The fraction of sp³-hybridized carbons (Fsp3) is 0.500. The Labute approximate surface area is 133 Å². The Balaban J connectivity index is 1.70. The van der Waals surface area contributed by atoms with E-state index in [1.54, 1.807) is 6.07 Å². The highest BCUT2D eigenvalue weighted by molar-refractivity contribution is 5.90. The van der Waals surface area contributed by atoms with Crippen molar-refractivity contribution in [2.75, 3.05) is 25.5 Å². The predicted molar refractivity (Wildman–Crippen MR) is 81.0 cm³/mol. The maximum atomic E-state index is 13.7. The Morgan fingerprint density at radius 2 is 2.26 bits per heavy atom. The zero-order chi connectivity index (χ0) is 16.6. The molecule has 3 rings (SSSR count). The average molecular weight is 322 g/mol. The minimum atomic E-state index is -0.828. The van der Waals surface area contributed by atoms with Gasteiger partial charge in [0.05, 0.1) is 12.5 Å². The summed E-state index contributed by atoms with van der Waals surface area (Å²) in [6.45, 7) is 0.633. The molecule has 23 heavy (non-hydrogen) atoms. The zero-order valence-corrected chi connectivity index (χ0v) is 12.8. The quantitative estimate of drug-likeness (QED) is 0.896.